The normalized spacial score (nSPS) is 16.4. The lowest BCUT2D eigenvalue weighted by atomic mass is 10.1. The predicted molar refractivity (Wildman–Crippen MR) is 90.6 cm³/mol. The van der Waals surface area contributed by atoms with Crippen molar-refractivity contribution in [2.24, 2.45) is 5.73 Å². The van der Waals surface area contributed by atoms with Crippen LogP contribution in [0.3, 0.4) is 0 Å². The molecule has 0 aromatic heterocycles. The molecule has 1 aliphatic carbocycles. The molecule has 2 rings (SSSR count). The number of primary amides is 1. The minimum absolute atomic E-state index is 0.405. The SMILES string of the molecule is NC(=O)c1ccc(NCCNC2CCCCCC2)c(Br)c1. The van der Waals surface area contributed by atoms with Gasteiger partial charge < -0.3 is 16.4 Å². The minimum Gasteiger partial charge on any atom is -0.383 e. The molecule has 1 aromatic carbocycles. The quantitative estimate of drug-likeness (QED) is 0.543. The summed E-state index contributed by atoms with van der Waals surface area (Å²) in [7, 11) is 0. The highest BCUT2D eigenvalue weighted by Gasteiger charge is 2.11. The standard InChI is InChI=1S/C16H24BrN3O/c17-14-11-12(16(18)21)7-8-15(14)20-10-9-19-13-5-3-1-2-4-6-13/h7-8,11,13,19-20H,1-6,9-10H2,(H2,18,21). The predicted octanol–water partition coefficient (Wildman–Crippen LogP) is 3.27. The number of hydrogen-bond donors (Lipinski definition) is 3. The summed E-state index contributed by atoms with van der Waals surface area (Å²) >= 11 is 3.46. The molecular weight excluding hydrogens is 330 g/mol. The van der Waals surface area contributed by atoms with Gasteiger partial charge in [0.05, 0.1) is 0 Å². The number of anilines is 1. The van der Waals surface area contributed by atoms with Crippen LogP contribution in [0.5, 0.6) is 0 Å². The van der Waals surface area contributed by atoms with Crippen LogP contribution in [0.15, 0.2) is 22.7 Å². The van der Waals surface area contributed by atoms with Gasteiger partial charge in [-0.2, -0.15) is 0 Å². The van der Waals surface area contributed by atoms with Crippen LogP contribution in [0.4, 0.5) is 5.69 Å². The van der Waals surface area contributed by atoms with Crippen LogP contribution in [-0.2, 0) is 0 Å². The number of amides is 1. The van der Waals surface area contributed by atoms with E-state index >= 15 is 0 Å². The average Bonchev–Trinajstić information content (AvgIpc) is 2.73. The Bertz CT molecular complexity index is 471. The summed E-state index contributed by atoms with van der Waals surface area (Å²) in [5.74, 6) is -0.405. The zero-order valence-corrected chi connectivity index (χ0v) is 13.9. The van der Waals surface area contributed by atoms with E-state index in [4.69, 9.17) is 5.73 Å². The number of benzene rings is 1. The number of nitrogens with one attached hydrogen (secondary N) is 2. The molecule has 1 fully saturated rings. The third-order valence-electron chi connectivity index (χ3n) is 3.98. The van der Waals surface area contributed by atoms with E-state index in [1.165, 1.54) is 38.5 Å². The number of carbonyl (C=O) groups excluding carboxylic acids is 1. The lowest BCUT2D eigenvalue weighted by Crippen LogP contribution is -2.32. The van der Waals surface area contributed by atoms with Gasteiger partial charge in [-0.15, -0.1) is 0 Å². The summed E-state index contributed by atoms with van der Waals surface area (Å²) in [5.41, 5.74) is 6.77. The van der Waals surface area contributed by atoms with E-state index in [2.05, 4.69) is 26.6 Å². The summed E-state index contributed by atoms with van der Waals surface area (Å²) in [4.78, 5) is 11.1. The van der Waals surface area contributed by atoms with Gasteiger partial charge in [0.15, 0.2) is 0 Å². The van der Waals surface area contributed by atoms with Gasteiger partial charge in [0.2, 0.25) is 5.91 Å². The summed E-state index contributed by atoms with van der Waals surface area (Å²) in [6, 6.07) is 6.06. The number of nitrogens with two attached hydrogens (primary N) is 1. The average molecular weight is 354 g/mol. The number of rotatable bonds is 6. The van der Waals surface area contributed by atoms with Crippen molar-refractivity contribution < 1.29 is 4.79 Å². The highest BCUT2D eigenvalue weighted by Crippen LogP contribution is 2.23. The zero-order valence-electron chi connectivity index (χ0n) is 12.3. The Morgan fingerprint density at radius 3 is 2.52 bits per heavy atom. The van der Waals surface area contributed by atoms with E-state index in [1.54, 1.807) is 12.1 Å². The highest BCUT2D eigenvalue weighted by molar-refractivity contribution is 9.10. The van der Waals surface area contributed by atoms with Crippen molar-refractivity contribution in [2.75, 3.05) is 18.4 Å². The molecular formula is C16H24BrN3O. The van der Waals surface area contributed by atoms with Gasteiger partial charge in [-0.1, -0.05) is 25.7 Å². The molecule has 21 heavy (non-hydrogen) atoms. The van der Waals surface area contributed by atoms with Crippen LogP contribution < -0.4 is 16.4 Å². The fourth-order valence-corrected chi connectivity index (χ4v) is 3.29. The van der Waals surface area contributed by atoms with Crippen LogP contribution >= 0.6 is 15.9 Å². The van der Waals surface area contributed by atoms with Crippen molar-refractivity contribution in [3.63, 3.8) is 0 Å². The zero-order chi connectivity index (χ0) is 15.1. The first-order valence-corrected chi connectivity index (χ1v) is 8.53. The first-order valence-electron chi connectivity index (χ1n) is 7.73. The van der Waals surface area contributed by atoms with E-state index in [1.807, 2.05) is 6.07 Å². The maximum absolute atomic E-state index is 11.1. The van der Waals surface area contributed by atoms with Crippen LogP contribution in [-0.4, -0.2) is 25.0 Å². The molecule has 0 unspecified atom stereocenters. The van der Waals surface area contributed by atoms with E-state index < -0.39 is 5.91 Å². The monoisotopic (exact) mass is 353 g/mol. The summed E-state index contributed by atoms with van der Waals surface area (Å²) in [5, 5.41) is 7.00. The highest BCUT2D eigenvalue weighted by atomic mass is 79.9. The van der Waals surface area contributed by atoms with Crippen molar-refractivity contribution in [2.45, 2.75) is 44.6 Å². The number of carbonyl (C=O) groups is 1. The number of halogens is 1. The summed E-state index contributed by atoms with van der Waals surface area (Å²) < 4.78 is 0.869. The molecule has 1 aromatic rings. The molecule has 0 radical (unpaired) electrons. The minimum atomic E-state index is -0.405. The van der Waals surface area contributed by atoms with Gasteiger partial charge >= 0.3 is 0 Å². The Morgan fingerprint density at radius 2 is 1.90 bits per heavy atom. The number of hydrogen-bond acceptors (Lipinski definition) is 3. The van der Waals surface area contributed by atoms with Gasteiger partial charge in [-0.3, -0.25) is 4.79 Å². The maximum atomic E-state index is 11.1. The second-order valence-electron chi connectivity index (χ2n) is 5.63. The second-order valence-corrected chi connectivity index (χ2v) is 6.48. The lowest BCUT2D eigenvalue weighted by Gasteiger charge is -2.17. The van der Waals surface area contributed by atoms with Crippen LogP contribution in [0.1, 0.15) is 48.9 Å². The Kier molecular flexibility index (Phi) is 6.51. The molecule has 0 heterocycles. The first kappa shape index (κ1) is 16.3. The molecule has 0 saturated heterocycles. The first-order chi connectivity index (χ1) is 10.2. The van der Waals surface area contributed by atoms with Gasteiger partial charge in [0.1, 0.15) is 0 Å². The van der Waals surface area contributed by atoms with Crippen LogP contribution in [0, 0.1) is 0 Å². The van der Waals surface area contributed by atoms with E-state index in [-0.39, 0.29) is 0 Å². The second kappa shape index (κ2) is 8.39. The Labute approximate surface area is 135 Å². The van der Waals surface area contributed by atoms with Crippen molar-refractivity contribution in [3.05, 3.63) is 28.2 Å². The fraction of sp³-hybridized carbons (Fsp3) is 0.562. The molecule has 1 saturated carbocycles. The molecule has 116 valence electrons. The molecule has 0 spiro atoms. The Hall–Kier alpha value is -1.07. The molecule has 4 N–H and O–H groups in total. The molecule has 1 aliphatic rings. The third kappa shape index (κ3) is 5.32. The van der Waals surface area contributed by atoms with Gasteiger partial charge in [-0.05, 0) is 47.0 Å². The fourth-order valence-electron chi connectivity index (χ4n) is 2.77. The largest absolute Gasteiger partial charge is 0.383 e. The van der Waals surface area contributed by atoms with E-state index in [0.29, 0.717) is 11.6 Å². The topological polar surface area (TPSA) is 67.2 Å². The molecule has 0 aliphatic heterocycles. The summed E-state index contributed by atoms with van der Waals surface area (Å²) in [6.07, 6.45) is 8.08. The molecule has 1 amide bonds. The molecule has 0 atom stereocenters. The lowest BCUT2D eigenvalue weighted by molar-refractivity contribution is 0.100. The van der Waals surface area contributed by atoms with Crippen molar-refractivity contribution in [1.29, 1.82) is 0 Å². The molecule has 5 heteroatoms. The van der Waals surface area contributed by atoms with Crippen molar-refractivity contribution in [3.8, 4) is 0 Å². The maximum Gasteiger partial charge on any atom is 0.248 e. The van der Waals surface area contributed by atoms with E-state index in [9.17, 15) is 4.79 Å². The summed E-state index contributed by atoms with van der Waals surface area (Å²) in [6.45, 7) is 1.82. The van der Waals surface area contributed by atoms with Crippen LogP contribution in [0.2, 0.25) is 0 Å². The van der Waals surface area contributed by atoms with Gasteiger partial charge in [0, 0.05) is 34.9 Å². The Balaban J connectivity index is 1.74. The van der Waals surface area contributed by atoms with Crippen molar-refractivity contribution in [1.82, 2.24) is 5.32 Å². The third-order valence-corrected chi connectivity index (χ3v) is 4.64. The molecule has 0 bridgehead atoms. The van der Waals surface area contributed by atoms with Crippen molar-refractivity contribution >= 4 is 27.5 Å². The van der Waals surface area contributed by atoms with Crippen LogP contribution in [0.25, 0.3) is 0 Å². The Morgan fingerprint density at radius 1 is 1.19 bits per heavy atom. The van der Waals surface area contributed by atoms with Gasteiger partial charge in [0.25, 0.3) is 0 Å². The smallest absolute Gasteiger partial charge is 0.248 e. The van der Waals surface area contributed by atoms with E-state index in [0.717, 1.165) is 23.2 Å². The molecule has 4 nitrogen and oxygen atoms in total. The van der Waals surface area contributed by atoms with Gasteiger partial charge in [-0.25, -0.2) is 0 Å².